The number of thioether (sulfide) groups is 1. The van der Waals surface area contributed by atoms with Crippen LogP contribution in [0.2, 0.25) is 0 Å². The highest BCUT2D eigenvalue weighted by Gasteiger charge is 2.17. The minimum atomic E-state index is -0.943. The van der Waals surface area contributed by atoms with E-state index >= 15 is 0 Å². The number of hydrogen-bond donors (Lipinski definition) is 2. The SMILES string of the molecule is CCC(CC)c1nnc(SCCCOc2ccc(C(=O)O)cc2)n1N. The Morgan fingerprint density at radius 1 is 1.28 bits per heavy atom. The number of nitrogen functional groups attached to an aromatic ring is 1. The first-order valence-corrected chi connectivity index (χ1v) is 9.34. The molecule has 2 aromatic rings. The fourth-order valence-electron chi connectivity index (χ4n) is 2.43. The molecule has 7 nitrogen and oxygen atoms in total. The molecule has 8 heteroatoms. The molecule has 3 N–H and O–H groups in total. The summed E-state index contributed by atoms with van der Waals surface area (Å²) in [7, 11) is 0. The lowest BCUT2D eigenvalue weighted by Crippen LogP contribution is -2.16. The highest BCUT2D eigenvalue weighted by Crippen LogP contribution is 2.24. The van der Waals surface area contributed by atoms with Gasteiger partial charge in [0.25, 0.3) is 0 Å². The van der Waals surface area contributed by atoms with Crippen molar-refractivity contribution in [2.75, 3.05) is 18.2 Å². The van der Waals surface area contributed by atoms with Gasteiger partial charge < -0.3 is 15.7 Å². The molecule has 2 rings (SSSR count). The smallest absolute Gasteiger partial charge is 0.335 e. The molecule has 25 heavy (non-hydrogen) atoms. The average Bonchev–Trinajstić information content (AvgIpc) is 2.97. The van der Waals surface area contributed by atoms with Crippen molar-refractivity contribution in [1.29, 1.82) is 0 Å². The van der Waals surface area contributed by atoms with Gasteiger partial charge in [0.05, 0.1) is 12.2 Å². The third-order valence-corrected chi connectivity index (χ3v) is 4.96. The third kappa shape index (κ3) is 5.12. The van der Waals surface area contributed by atoms with Gasteiger partial charge in [-0.2, -0.15) is 0 Å². The number of nitrogens with two attached hydrogens (primary N) is 1. The van der Waals surface area contributed by atoms with Gasteiger partial charge in [-0.3, -0.25) is 0 Å². The normalized spacial score (nSPS) is 11.0. The van der Waals surface area contributed by atoms with Gasteiger partial charge in [0.15, 0.2) is 5.82 Å². The summed E-state index contributed by atoms with van der Waals surface area (Å²) >= 11 is 1.55. The van der Waals surface area contributed by atoms with Crippen LogP contribution in [0.3, 0.4) is 0 Å². The topological polar surface area (TPSA) is 103 Å². The number of aromatic nitrogens is 3. The standard InChI is InChI=1S/C17H24N4O3S/c1-3-12(4-2)15-19-20-17(21(15)18)25-11-5-10-24-14-8-6-13(7-9-14)16(22)23/h6-9,12H,3-5,10-11,18H2,1-2H3,(H,22,23). The summed E-state index contributed by atoms with van der Waals surface area (Å²) in [5.74, 6) is 7.79. The van der Waals surface area contributed by atoms with E-state index in [1.165, 1.54) is 12.1 Å². The molecule has 0 fully saturated rings. The number of carboxylic acid groups (broad SMARTS) is 1. The Bertz CT molecular complexity index is 684. The van der Waals surface area contributed by atoms with Gasteiger partial charge in [-0.1, -0.05) is 25.6 Å². The fourth-order valence-corrected chi connectivity index (χ4v) is 3.20. The number of carbonyl (C=O) groups is 1. The predicted octanol–water partition coefficient (Wildman–Crippen LogP) is 3.15. The Morgan fingerprint density at radius 3 is 2.56 bits per heavy atom. The van der Waals surface area contributed by atoms with Crippen molar-refractivity contribution in [3.05, 3.63) is 35.7 Å². The predicted molar refractivity (Wildman–Crippen MR) is 97.7 cm³/mol. The molecule has 0 aliphatic heterocycles. The summed E-state index contributed by atoms with van der Waals surface area (Å²) in [5.41, 5.74) is 0.249. The van der Waals surface area contributed by atoms with E-state index < -0.39 is 5.97 Å². The molecular formula is C17H24N4O3S. The second kappa shape index (κ2) is 9.31. The highest BCUT2D eigenvalue weighted by molar-refractivity contribution is 7.99. The summed E-state index contributed by atoms with van der Waals surface area (Å²) in [5, 5.41) is 18.0. The van der Waals surface area contributed by atoms with Crippen molar-refractivity contribution in [1.82, 2.24) is 14.9 Å². The van der Waals surface area contributed by atoms with E-state index in [1.54, 1.807) is 28.6 Å². The zero-order chi connectivity index (χ0) is 18.2. The molecule has 0 unspecified atom stereocenters. The van der Waals surface area contributed by atoms with Crippen molar-refractivity contribution in [3.63, 3.8) is 0 Å². The van der Waals surface area contributed by atoms with Crippen LogP contribution in [0.15, 0.2) is 29.4 Å². The van der Waals surface area contributed by atoms with Gasteiger partial charge in [0.1, 0.15) is 5.75 Å². The van der Waals surface area contributed by atoms with Gasteiger partial charge in [-0.15, -0.1) is 10.2 Å². The highest BCUT2D eigenvalue weighted by atomic mass is 32.2. The second-order valence-electron chi connectivity index (χ2n) is 5.60. The van der Waals surface area contributed by atoms with E-state index in [1.807, 2.05) is 0 Å². The maximum atomic E-state index is 10.8. The van der Waals surface area contributed by atoms with Gasteiger partial charge >= 0.3 is 5.97 Å². The van der Waals surface area contributed by atoms with Gasteiger partial charge in [0, 0.05) is 11.7 Å². The lowest BCUT2D eigenvalue weighted by molar-refractivity contribution is 0.0697. The van der Waals surface area contributed by atoms with Crippen molar-refractivity contribution < 1.29 is 14.6 Å². The van der Waals surface area contributed by atoms with E-state index in [0.717, 1.165) is 30.8 Å². The number of aromatic carboxylic acids is 1. The van der Waals surface area contributed by atoms with Crippen LogP contribution in [0.5, 0.6) is 5.75 Å². The Balaban J connectivity index is 1.75. The largest absolute Gasteiger partial charge is 0.494 e. The molecule has 0 spiro atoms. The molecule has 1 aromatic carbocycles. The van der Waals surface area contributed by atoms with Crippen LogP contribution in [0, 0.1) is 0 Å². The fraction of sp³-hybridized carbons (Fsp3) is 0.471. The number of carboxylic acids is 1. The summed E-state index contributed by atoms with van der Waals surface area (Å²) < 4.78 is 7.20. The minimum absolute atomic E-state index is 0.249. The monoisotopic (exact) mass is 364 g/mol. The molecule has 0 aliphatic rings. The molecule has 0 saturated carbocycles. The summed E-state index contributed by atoms with van der Waals surface area (Å²) in [6, 6.07) is 6.38. The number of nitrogens with zero attached hydrogens (tertiary/aromatic N) is 3. The molecule has 1 aromatic heterocycles. The van der Waals surface area contributed by atoms with E-state index in [-0.39, 0.29) is 5.56 Å². The first-order chi connectivity index (χ1) is 12.1. The first-order valence-electron chi connectivity index (χ1n) is 8.36. The van der Waals surface area contributed by atoms with E-state index in [2.05, 4.69) is 24.0 Å². The Hall–Kier alpha value is -2.22. The molecule has 0 aliphatic carbocycles. The van der Waals surface area contributed by atoms with Gasteiger partial charge in [0.2, 0.25) is 5.16 Å². The van der Waals surface area contributed by atoms with Crippen LogP contribution in [0.4, 0.5) is 0 Å². The number of rotatable bonds is 10. The summed E-state index contributed by atoms with van der Waals surface area (Å²) in [6.07, 6.45) is 2.80. The van der Waals surface area contributed by atoms with Crippen LogP contribution in [-0.2, 0) is 0 Å². The van der Waals surface area contributed by atoms with Crippen molar-refractivity contribution in [2.45, 2.75) is 44.2 Å². The van der Waals surface area contributed by atoms with Crippen LogP contribution in [0.25, 0.3) is 0 Å². The third-order valence-electron chi connectivity index (χ3n) is 3.93. The van der Waals surface area contributed by atoms with Gasteiger partial charge in [-0.05, 0) is 43.5 Å². The zero-order valence-electron chi connectivity index (χ0n) is 14.5. The average molecular weight is 364 g/mol. The van der Waals surface area contributed by atoms with Crippen molar-refractivity contribution in [2.24, 2.45) is 0 Å². The lowest BCUT2D eigenvalue weighted by Gasteiger charge is -2.11. The summed E-state index contributed by atoms with van der Waals surface area (Å²) in [6.45, 7) is 4.78. The number of hydrogen-bond acceptors (Lipinski definition) is 6. The Labute approximate surface area is 151 Å². The quantitative estimate of drug-likeness (QED) is 0.379. The molecule has 1 heterocycles. The first kappa shape index (κ1) is 19.1. The second-order valence-corrected chi connectivity index (χ2v) is 6.67. The molecule has 0 amide bonds. The van der Waals surface area contributed by atoms with Gasteiger partial charge in [-0.25, -0.2) is 9.47 Å². The van der Waals surface area contributed by atoms with E-state index in [0.29, 0.717) is 23.4 Å². The summed E-state index contributed by atoms with van der Waals surface area (Å²) in [4.78, 5) is 10.8. The van der Waals surface area contributed by atoms with Crippen molar-refractivity contribution >= 4 is 17.7 Å². The maximum absolute atomic E-state index is 10.8. The number of ether oxygens (including phenoxy) is 1. The molecular weight excluding hydrogens is 340 g/mol. The molecule has 0 bridgehead atoms. The van der Waals surface area contributed by atoms with E-state index in [4.69, 9.17) is 15.7 Å². The Morgan fingerprint density at radius 2 is 1.96 bits per heavy atom. The van der Waals surface area contributed by atoms with Crippen LogP contribution >= 0.6 is 11.8 Å². The minimum Gasteiger partial charge on any atom is -0.494 e. The molecule has 0 atom stereocenters. The maximum Gasteiger partial charge on any atom is 0.335 e. The number of benzene rings is 1. The van der Waals surface area contributed by atoms with Crippen LogP contribution in [-0.4, -0.2) is 38.3 Å². The zero-order valence-corrected chi connectivity index (χ0v) is 15.3. The lowest BCUT2D eigenvalue weighted by atomic mass is 10.0. The van der Waals surface area contributed by atoms with E-state index in [9.17, 15) is 4.79 Å². The Kier molecular flexibility index (Phi) is 7.12. The molecule has 136 valence electrons. The molecule has 0 saturated heterocycles. The van der Waals surface area contributed by atoms with Crippen molar-refractivity contribution in [3.8, 4) is 5.75 Å². The van der Waals surface area contributed by atoms with Crippen LogP contribution in [0.1, 0.15) is 55.2 Å². The molecule has 0 radical (unpaired) electrons. The van der Waals surface area contributed by atoms with Crippen LogP contribution < -0.4 is 10.6 Å².